The van der Waals surface area contributed by atoms with Crippen LogP contribution < -0.4 is 5.32 Å². The Hall–Kier alpha value is -1.84. The van der Waals surface area contributed by atoms with Gasteiger partial charge in [0.1, 0.15) is 0 Å². The molecule has 4 fully saturated rings. The first-order valence-corrected chi connectivity index (χ1v) is 10.4. The smallest absolute Gasteiger partial charge is 0.261 e. The highest BCUT2D eigenvalue weighted by Crippen LogP contribution is 2.55. The zero-order valence-corrected chi connectivity index (χ0v) is 16.8. The van der Waals surface area contributed by atoms with E-state index in [0.717, 1.165) is 42.6 Å². The summed E-state index contributed by atoms with van der Waals surface area (Å²) in [6.45, 7) is 6.59. The molecule has 0 saturated heterocycles. The maximum atomic E-state index is 12.4. The van der Waals surface area contributed by atoms with Gasteiger partial charge in [-0.05, 0) is 72.8 Å². The van der Waals surface area contributed by atoms with Crippen LogP contribution >= 0.6 is 0 Å². The third-order valence-electron chi connectivity index (χ3n) is 6.69. The second kappa shape index (κ2) is 6.96. The molecule has 4 aliphatic carbocycles. The maximum Gasteiger partial charge on any atom is 0.261 e. The zero-order chi connectivity index (χ0) is 19.1. The van der Waals surface area contributed by atoms with Gasteiger partial charge in [0.15, 0.2) is 6.61 Å². The lowest BCUT2D eigenvalue weighted by atomic mass is 9.53. The van der Waals surface area contributed by atoms with Crippen molar-refractivity contribution in [1.29, 1.82) is 0 Å². The Balaban J connectivity index is 1.26. The minimum absolute atomic E-state index is 0.00166. The summed E-state index contributed by atoms with van der Waals surface area (Å²) in [6.07, 6.45) is 9.29. The Morgan fingerprint density at radius 2 is 1.67 bits per heavy atom. The fourth-order valence-electron chi connectivity index (χ4n) is 5.86. The molecule has 0 spiro atoms. The summed E-state index contributed by atoms with van der Waals surface area (Å²) in [5, 5.41) is 7.29. The first-order valence-electron chi connectivity index (χ1n) is 10.4. The molecule has 4 heteroatoms. The zero-order valence-electron chi connectivity index (χ0n) is 16.8. The minimum Gasteiger partial charge on any atom is -0.386 e. The lowest BCUT2D eigenvalue weighted by molar-refractivity contribution is -0.131. The van der Waals surface area contributed by atoms with Crippen molar-refractivity contribution in [2.24, 2.45) is 22.9 Å². The molecule has 0 heterocycles. The normalized spacial score (nSPS) is 32.0. The fraction of sp³-hybridized carbons (Fsp3) is 0.652. The largest absolute Gasteiger partial charge is 0.386 e. The molecule has 1 amide bonds. The van der Waals surface area contributed by atoms with Crippen LogP contribution in [0.4, 0.5) is 0 Å². The van der Waals surface area contributed by atoms with Crippen molar-refractivity contribution in [3.05, 3.63) is 35.4 Å². The van der Waals surface area contributed by atoms with Crippen molar-refractivity contribution in [1.82, 2.24) is 5.32 Å². The van der Waals surface area contributed by atoms with Crippen LogP contribution in [-0.4, -0.2) is 24.3 Å². The van der Waals surface area contributed by atoms with Crippen LogP contribution in [0.2, 0.25) is 0 Å². The Labute approximate surface area is 162 Å². The molecule has 1 N–H and O–H groups in total. The van der Waals surface area contributed by atoms with Crippen molar-refractivity contribution in [2.45, 2.75) is 70.3 Å². The highest BCUT2D eigenvalue weighted by atomic mass is 16.6. The average molecular weight is 369 g/mol. The van der Waals surface area contributed by atoms with Gasteiger partial charge in [0.2, 0.25) is 0 Å². The minimum atomic E-state index is -0.0304. The number of oxime groups is 1. The van der Waals surface area contributed by atoms with E-state index < -0.39 is 0 Å². The second-order valence-corrected chi connectivity index (χ2v) is 10.1. The molecular weight excluding hydrogens is 336 g/mol. The van der Waals surface area contributed by atoms with Crippen molar-refractivity contribution in [2.75, 3.05) is 6.61 Å². The van der Waals surface area contributed by atoms with E-state index in [2.05, 4.69) is 43.4 Å². The SMILES string of the molecule is CC(C)(C)c1ccc(C=NOCC(=O)NC23CC4CC(CC(C4)C2)C3)cc1. The lowest BCUT2D eigenvalue weighted by Gasteiger charge is -2.56. The van der Waals surface area contributed by atoms with Gasteiger partial charge >= 0.3 is 0 Å². The van der Waals surface area contributed by atoms with Crippen molar-refractivity contribution in [3.63, 3.8) is 0 Å². The number of rotatable bonds is 5. The Kier molecular flexibility index (Phi) is 4.77. The van der Waals surface area contributed by atoms with Gasteiger partial charge in [-0.15, -0.1) is 0 Å². The molecule has 4 saturated carbocycles. The van der Waals surface area contributed by atoms with Gasteiger partial charge in [0.25, 0.3) is 5.91 Å². The summed E-state index contributed by atoms with van der Waals surface area (Å²) in [5.74, 6) is 2.45. The molecule has 1 aromatic carbocycles. The Morgan fingerprint density at radius 1 is 1.11 bits per heavy atom. The Morgan fingerprint density at radius 3 is 2.19 bits per heavy atom. The molecule has 1 aromatic rings. The molecule has 0 aliphatic heterocycles. The highest BCUT2D eigenvalue weighted by Gasteiger charge is 2.51. The Bertz CT molecular complexity index is 680. The molecule has 146 valence electrons. The third kappa shape index (κ3) is 4.20. The molecule has 0 radical (unpaired) electrons. The molecule has 4 aliphatic rings. The van der Waals surface area contributed by atoms with E-state index >= 15 is 0 Å². The summed E-state index contributed by atoms with van der Waals surface area (Å²) in [6, 6.07) is 8.29. The predicted molar refractivity (Wildman–Crippen MR) is 108 cm³/mol. The topological polar surface area (TPSA) is 50.7 Å². The van der Waals surface area contributed by atoms with E-state index in [0.29, 0.717) is 0 Å². The third-order valence-corrected chi connectivity index (χ3v) is 6.69. The first kappa shape index (κ1) is 18.5. The van der Waals surface area contributed by atoms with Crippen LogP contribution in [0.1, 0.15) is 70.4 Å². The van der Waals surface area contributed by atoms with Crippen LogP contribution in [0.15, 0.2) is 29.4 Å². The number of carbonyl (C=O) groups excluding carboxylic acids is 1. The van der Waals surface area contributed by atoms with Crippen LogP contribution in [0.5, 0.6) is 0 Å². The van der Waals surface area contributed by atoms with E-state index in [1.807, 2.05) is 12.1 Å². The first-order chi connectivity index (χ1) is 12.8. The van der Waals surface area contributed by atoms with Crippen molar-refractivity contribution >= 4 is 12.1 Å². The predicted octanol–water partition coefficient (Wildman–Crippen LogP) is 4.42. The van der Waals surface area contributed by atoms with Crippen LogP contribution in [-0.2, 0) is 15.0 Å². The average Bonchev–Trinajstić information content (AvgIpc) is 2.57. The summed E-state index contributed by atoms with van der Waals surface area (Å²) in [7, 11) is 0. The standard InChI is InChI=1S/C23H32N2O2/c1-22(2,3)20-6-4-16(5-7-20)14-24-27-15-21(26)25-23-11-17-8-18(12-23)10-19(9-17)13-23/h4-7,14,17-19H,8-13,15H2,1-3H3,(H,25,26). The number of nitrogens with one attached hydrogen (secondary N) is 1. The van der Waals surface area contributed by atoms with Crippen LogP contribution in [0, 0.1) is 17.8 Å². The summed E-state index contributed by atoms with van der Waals surface area (Å²) in [4.78, 5) is 17.7. The van der Waals surface area contributed by atoms with E-state index in [4.69, 9.17) is 4.84 Å². The lowest BCUT2D eigenvalue weighted by Crippen LogP contribution is -2.60. The van der Waals surface area contributed by atoms with Gasteiger partial charge in [0, 0.05) is 5.54 Å². The maximum absolute atomic E-state index is 12.4. The molecule has 4 bridgehead atoms. The summed E-state index contributed by atoms with van der Waals surface area (Å²) < 4.78 is 0. The van der Waals surface area contributed by atoms with Gasteiger partial charge in [-0.2, -0.15) is 0 Å². The molecule has 27 heavy (non-hydrogen) atoms. The quantitative estimate of drug-likeness (QED) is 0.618. The van der Waals surface area contributed by atoms with E-state index in [1.165, 1.54) is 24.8 Å². The molecule has 0 atom stereocenters. The monoisotopic (exact) mass is 368 g/mol. The highest BCUT2D eigenvalue weighted by molar-refractivity contribution is 5.80. The van der Waals surface area contributed by atoms with Crippen LogP contribution in [0.3, 0.4) is 0 Å². The van der Waals surface area contributed by atoms with Gasteiger partial charge in [-0.3, -0.25) is 4.79 Å². The fourth-order valence-corrected chi connectivity index (χ4v) is 5.86. The second-order valence-electron chi connectivity index (χ2n) is 10.1. The van der Waals surface area contributed by atoms with E-state index in [9.17, 15) is 4.79 Å². The number of carbonyl (C=O) groups is 1. The number of hydrogen-bond acceptors (Lipinski definition) is 3. The molecule has 0 aromatic heterocycles. The van der Waals surface area contributed by atoms with Crippen molar-refractivity contribution < 1.29 is 9.63 Å². The van der Waals surface area contributed by atoms with E-state index in [-0.39, 0.29) is 23.5 Å². The number of benzene rings is 1. The summed E-state index contributed by atoms with van der Waals surface area (Å²) in [5.41, 5.74) is 2.45. The number of amides is 1. The molecule has 5 rings (SSSR count). The molecule has 0 unspecified atom stereocenters. The molecule has 4 nitrogen and oxygen atoms in total. The van der Waals surface area contributed by atoms with E-state index in [1.54, 1.807) is 6.21 Å². The molecular formula is C23H32N2O2. The van der Waals surface area contributed by atoms with Crippen LogP contribution in [0.25, 0.3) is 0 Å². The number of nitrogens with zero attached hydrogens (tertiary/aromatic N) is 1. The van der Waals surface area contributed by atoms with Gasteiger partial charge in [-0.25, -0.2) is 0 Å². The number of hydrogen-bond donors (Lipinski definition) is 1. The van der Waals surface area contributed by atoms with Gasteiger partial charge in [0.05, 0.1) is 6.21 Å². The summed E-state index contributed by atoms with van der Waals surface area (Å²) >= 11 is 0. The van der Waals surface area contributed by atoms with Gasteiger partial charge in [-0.1, -0.05) is 50.2 Å². The van der Waals surface area contributed by atoms with Gasteiger partial charge < -0.3 is 10.2 Å². The van der Waals surface area contributed by atoms with Crippen molar-refractivity contribution in [3.8, 4) is 0 Å².